The maximum Gasteiger partial charge on any atom is 0.276 e. The summed E-state index contributed by atoms with van der Waals surface area (Å²) in [5.74, 6) is 0.00334. The summed E-state index contributed by atoms with van der Waals surface area (Å²) in [7, 11) is 0. The molecule has 0 radical (unpaired) electrons. The van der Waals surface area contributed by atoms with E-state index in [0.29, 0.717) is 23.8 Å². The molecule has 0 heterocycles. The van der Waals surface area contributed by atoms with Crippen molar-refractivity contribution >= 4 is 35.2 Å². The van der Waals surface area contributed by atoms with E-state index >= 15 is 0 Å². The number of thioether (sulfide) groups is 1. The number of para-hydroxylation sites is 2. The van der Waals surface area contributed by atoms with E-state index in [9.17, 15) is 14.4 Å². The summed E-state index contributed by atoms with van der Waals surface area (Å²) in [6.07, 6.45) is 0. The Bertz CT molecular complexity index is 873. The molecule has 3 amide bonds. The molecule has 160 valence electrons. The minimum atomic E-state index is -0.494. The Morgan fingerprint density at radius 1 is 0.967 bits per heavy atom. The lowest BCUT2D eigenvalue weighted by atomic mass is 10.3. The molecule has 2 aromatic rings. The highest BCUT2D eigenvalue weighted by molar-refractivity contribution is 8.00. The first-order chi connectivity index (χ1) is 14.4. The van der Waals surface area contributed by atoms with Crippen molar-refractivity contribution in [1.29, 1.82) is 0 Å². The second kappa shape index (κ2) is 11.7. The molecule has 2 rings (SSSR count). The van der Waals surface area contributed by atoms with Crippen molar-refractivity contribution in [3.8, 4) is 11.5 Å². The quantitative estimate of drug-likeness (QED) is 0.416. The number of ether oxygens (including phenoxy) is 2. The van der Waals surface area contributed by atoms with Crippen molar-refractivity contribution in [3.05, 3.63) is 48.5 Å². The third kappa shape index (κ3) is 7.67. The topological polar surface area (TPSA) is 106 Å². The summed E-state index contributed by atoms with van der Waals surface area (Å²) in [6, 6.07) is 14.2. The molecular formula is C21H25N3O5S. The van der Waals surface area contributed by atoms with Crippen LogP contribution in [0.5, 0.6) is 11.5 Å². The molecular weight excluding hydrogens is 406 g/mol. The van der Waals surface area contributed by atoms with Gasteiger partial charge in [0.15, 0.2) is 18.1 Å². The van der Waals surface area contributed by atoms with Crippen molar-refractivity contribution in [2.45, 2.75) is 30.9 Å². The average molecular weight is 432 g/mol. The molecule has 0 aliphatic carbocycles. The molecule has 0 saturated heterocycles. The van der Waals surface area contributed by atoms with E-state index in [1.165, 1.54) is 18.7 Å². The van der Waals surface area contributed by atoms with Gasteiger partial charge in [0.1, 0.15) is 0 Å². The number of hydrogen-bond donors (Lipinski definition) is 3. The molecule has 0 spiro atoms. The Labute approximate surface area is 179 Å². The van der Waals surface area contributed by atoms with Crippen LogP contribution in [0.15, 0.2) is 53.4 Å². The number of carbonyl (C=O) groups excluding carboxylic acids is 3. The summed E-state index contributed by atoms with van der Waals surface area (Å²) >= 11 is 1.32. The van der Waals surface area contributed by atoms with Crippen LogP contribution in [0, 0.1) is 0 Å². The van der Waals surface area contributed by atoms with E-state index in [4.69, 9.17) is 9.47 Å². The molecule has 1 atom stereocenters. The fourth-order valence-corrected chi connectivity index (χ4v) is 3.20. The highest BCUT2D eigenvalue weighted by Gasteiger charge is 2.15. The van der Waals surface area contributed by atoms with Gasteiger partial charge in [-0.1, -0.05) is 12.1 Å². The smallest absolute Gasteiger partial charge is 0.276 e. The van der Waals surface area contributed by atoms with E-state index in [1.54, 1.807) is 37.3 Å². The number of rotatable bonds is 9. The largest absolute Gasteiger partial charge is 0.490 e. The van der Waals surface area contributed by atoms with Gasteiger partial charge in [-0.25, -0.2) is 0 Å². The highest BCUT2D eigenvalue weighted by Crippen LogP contribution is 2.26. The first-order valence-electron chi connectivity index (χ1n) is 9.36. The first kappa shape index (κ1) is 23.1. The summed E-state index contributed by atoms with van der Waals surface area (Å²) in [5, 5.41) is 2.23. The number of hydrogen-bond acceptors (Lipinski definition) is 6. The van der Waals surface area contributed by atoms with Gasteiger partial charge in [0.25, 0.3) is 11.8 Å². The maximum absolute atomic E-state index is 12.2. The van der Waals surface area contributed by atoms with E-state index < -0.39 is 11.2 Å². The predicted molar refractivity (Wildman–Crippen MR) is 115 cm³/mol. The van der Waals surface area contributed by atoms with Crippen molar-refractivity contribution in [3.63, 3.8) is 0 Å². The van der Waals surface area contributed by atoms with Gasteiger partial charge in [-0.05, 0) is 50.2 Å². The van der Waals surface area contributed by atoms with Gasteiger partial charge >= 0.3 is 0 Å². The van der Waals surface area contributed by atoms with Gasteiger partial charge in [-0.15, -0.1) is 11.8 Å². The van der Waals surface area contributed by atoms with Crippen molar-refractivity contribution in [2.24, 2.45) is 0 Å². The van der Waals surface area contributed by atoms with E-state index in [-0.39, 0.29) is 18.4 Å². The molecule has 8 nitrogen and oxygen atoms in total. The molecule has 30 heavy (non-hydrogen) atoms. The molecule has 0 fully saturated rings. The Hall–Kier alpha value is -3.20. The van der Waals surface area contributed by atoms with E-state index in [1.807, 2.05) is 25.1 Å². The standard InChI is InChI=1S/C21H25N3O5S/c1-4-28-18-7-5-6-8-19(18)29-13-20(26)23-24-21(27)14(2)30-17-11-9-16(10-12-17)22-15(3)25/h5-12,14H,4,13H2,1-3H3,(H,22,25)(H,23,26)(H,24,27). The van der Waals surface area contributed by atoms with Crippen LogP contribution in [0.2, 0.25) is 0 Å². The minimum Gasteiger partial charge on any atom is -0.490 e. The van der Waals surface area contributed by atoms with Gasteiger partial charge in [-0.3, -0.25) is 25.2 Å². The molecule has 0 saturated carbocycles. The molecule has 0 aliphatic rings. The third-order valence-electron chi connectivity index (χ3n) is 3.69. The van der Waals surface area contributed by atoms with Crippen LogP contribution in [0.1, 0.15) is 20.8 Å². The lowest BCUT2D eigenvalue weighted by Crippen LogP contribution is -2.46. The SMILES string of the molecule is CCOc1ccccc1OCC(=O)NNC(=O)C(C)Sc1ccc(NC(C)=O)cc1. The molecule has 0 bridgehead atoms. The number of nitrogens with one attached hydrogen (secondary N) is 3. The number of amides is 3. The van der Waals surface area contributed by atoms with Gasteiger partial charge in [0.2, 0.25) is 5.91 Å². The van der Waals surface area contributed by atoms with Gasteiger partial charge in [0, 0.05) is 17.5 Å². The second-order valence-electron chi connectivity index (χ2n) is 6.17. The number of carbonyl (C=O) groups is 3. The zero-order valence-corrected chi connectivity index (χ0v) is 17.9. The van der Waals surface area contributed by atoms with Gasteiger partial charge < -0.3 is 14.8 Å². The van der Waals surface area contributed by atoms with Crippen molar-refractivity contribution in [1.82, 2.24) is 10.9 Å². The van der Waals surface area contributed by atoms with Gasteiger partial charge in [-0.2, -0.15) is 0 Å². The third-order valence-corrected chi connectivity index (χ3v) is 4.80. The monoisotopic (exact) mass is 431 g/mol. The number of hydrazine groups is 1. The Morgan fingerprint density at radius 3 is 2.20 bits per heavy atom. The van der Waals surface area contributed by atoms with Crippen LogP contribution in [-0.4, -0.2) is 36.2 Å². The molecule has 0 aromatic heterocycles. The van der Waals surface area contributed by atoms with Crippen LogP contribution < -0.4 is 25.6 Å². The summed E-state index contributed by atoms with van der Waals surface area (Å²) in [4.78, 5) is 36.1. The highest BCUT2D eigenvalue weighted by atomic mass is 32.2. The Balaban J connectivity index is 1.76. The first-order valence-corrected chi connectivity index (χ1v) is 10.2. The lowest BCUT2D eigenvalue weighted by molar-refractivity contribution is -0.129. The molecule has 3 N–H and O–H groups in total. The molecule has 1 unspecified atom stereocenters. The number of benzene rings is 2. The fourth-order valence-electron chi connectivity index (χ4n) is 2.33. The second-order valence-corrected chi connectivity index (χ2v) is 7.59. The molecule has 2 aromatic carbocycles. The normalized spacial score (nSPS) is 11.2. The van der Waals surface area contributed by atoms with Crippen molar-refractivity contribution < 1.29 is 23.9 Å². The van der Waals surface area contributed by atoms with Crippen LogP contribution in [0.25, 0.3) is 0 Å². The average Bonchev–Trinajstić information content (AvgIpc) is 2.72. The van der Waals surface area contributed by atoms with Gasteiger partial charge in [0.05, 0.1) is 11.9 Å². The Morgan fingerprint density at radius 2 is 1.60 bits per heavy atom. The minimum absolute atomic E-state index is 0.149. The van der Waals surface area contributed by atoms with E-state index in [2.05, 4.69) is 16.2 Å². The predicted octanol–water partition coefficient (Wildman–Crippen LogP) is 2.75. The number of anilines is 1. The fraction of sp³-hybridized carbons (Fsp3) is 0.286. The zero-order chi connectivity index (χ0) is 21.9. The Kier molecular flexibility index (Phi) is 9.02. The maximum atomic E-state index is 12.2. The van der Waals surface area contributed by atoms with Crippen LogP contribution >= 0.6 is 11.8 Å². The summed E-state index contributed by atoms with van der Waals surface area (Å²) < 4.78 is 10.9. The van der Waals surface area contributed by atoms with Crippen LogP contribution in [0.3, 0.4) is 0 Å². The van der Waals surface area contributed by atoms with E-state index in [0.717, 1.165) is 4.90 Å². The van der Waals surface area contributed by atoms with Crippen molar-refractivity contribution in [2.75, 3.05) is 18.5 Å². The van der Waals surface area contributed by atoms with Crippen LogP contribution in [-0.2, 0) is 14.4 Å². The lowest BCUT2D eigenvalue weighted by Gasteiger charge is -2.14. The summed E-state index contributed by atoms with van der Waals surface area (Å²) in [5.41, 5.74) is 5.41. The molecule has 0 aliphatic heterocycles. The zero-order valence-electron chi connectivity index (χ0n) is 17.1. The molecule has 9 heteroatoms. The van der Waals surface area contributed by atoms with Crippen LogP contribution in [0.4, 0.5) is 5.69 Å². The summed E-state index contributed by atoms with van der Waals surface area (Å²) in [6.45, 7) is 5.23.